The Morgan fingerprint density at radius 3 is 1.16 bits per heavy atom. The molecule has 2 aromatic heterocycles. The molecular formula is C63H42N6. The fraction of sp³-hybridized carbons (Fsp3) is 0.0159. The summed E-state index contributed by atoms with van der Waals surface area (Å²) in [6, 6.07) is 87.5. The number of aryl methyl sites for hydroxylation is 1. The van der Waals surface area contributed by atoms with Crippen molar-refractivity contribution in [3.63, 3.8) is 0 Å². The van der Waals surface area contributed by atoms with Crippen LogP contribution in [0.2, 0.25) is 0 Å². The van der Waals surface area contributed by atoms with Crippen LogP contribution < -0.4 is 9.80 Å². The van der Waals surface area contributed by atoms with Crippen LogP contribution in [0.5, 0.6) is 0 Å². The normalized spacial score (nSPS) is 11.2. The van der Waals surface area contributed by atoms with Gasteiger partial charge in [-0.3, -0.25) is 0 Å². The third kappa shape index (κ3) is 7.13. The number of nitriles is 2. The van der Waals surface area contributed by atoms with Crippen LogP contribution in [0.1, 0.15) is 16.7 Å². The molecule has 0 aliphatic rings. The molecule has 0 aliphatic carbocycles. The van der Waals surface area contributed by atoms with Gasteiger partial charge < -0.3 is 18.9 Å². The summed E-state index contributed by atoms with van der Waals surface area (Å²) in [5, 5.41) is 24.2. The lowest BCUT2D eigenvalue weighted by atomic mass is 10.0. The fourth-order valence-corrected chi connectivity index (χ4v) is 10.0. The number of para-hydroxylation sites is 4. The predicted molar refractivity (Wildman–Crippen MR) is 284 cm³/mol. The van der Waals surface area contributed by atoms with Crippen LogP contribution in [-0.4, -0.2) is 9.13 Å². The van der Waals surface area contributed by atoms with Gasteiger partial charge in [0.25, 0.3) is 0 Å². The molecule has 12 rings (SSSR count). The van der Waals surface area contributed by atoms with E-state index in [0.717, 1.165) is 95.0 Å². The second kappa shape index (κ2) is 17.0. The second-order valence-corrected chi connectivity index (χ2v) is 17.3. The maximum atomic E-state index is 9.85. The quantitative estimate of drug-likeness (QED) is 0.145. The molecule has 6 nitrogen and oxygen atoms in total. The molecule has 0 fully saturated rings. The van der Waals surface area contributed by atoms with Gasteiger partial charge in [0, 0.05) is 67.0 Å². The number of hydrogen-bond acceptors (Lipinski definition) is 4. The monoisotopic (exact) mass is 882 g/mol. The molecule has 0 amide bonds. The van der Waals surface area contributed by atoms with Crippen molar-refractivity contribution >= 4 is 77.7 Å². The van der Waals surface area contributed by atoms with Crippen LogP contribution in [0.15, 0.2) is 237 Å². The Bertz CT molecular complexity index is 3970. The summed E-state index contributed by atoms with van der Waals surface area (Å²) < 4.78 is 4.66. The number of benzene rings is 10. The lowest BCUT2D eigenvalue weighted by Gasteiger charge is -2.27. The van der Waals surface area contributed by atoms with E-state index in [0.29, 0.717) is 11.1 Å². The highest BCUT2D eigenvalue weighted by Crippen LogP contribution is 2.43. The van der Waals surface area contributed by atoms with E-state index in [2.05, 4.69) is 225 Å². The minimum atomic E-state index is 0.614. The highest BCUT2D eigenvalue weighted by Gasteiger charge is 2.20. The Hall–Kier alpha value is -9.62. The summed E-state index contributed by atoms with van der Waals surface area (Å²) in [5.41, 5.74) is 17.1. The predicted octanol–water partition coefficient (Wildman–Crippen LogP) is 16.5. The largest absolute Gasteiger partial charge is 0.310 e. The van der Waals surface area contributed by atoms with Crippen molar-refractivity contribution < 1.29 is 0 Å². The van der Waals surface area contributed by atoms with Gasteiger partial charge in [0.05, 0.1) is 45.3 Å². The maximum absolute atomic E-state index is 9.85. The molecule has 0 saturated carbocycles. The van der Waals surface area contributed by atoms with Crippen LogP contribution >= 0.6 is 0 Å². The van der Waals surface area contributed by atoms with Gasteiger partial charge in [-0.25, -0.2) is 0 Å². The molecule has 324 valence electrons. The third-order valence-electron chi connectivity index (χ3n) is 13.3. The van der Waals surface area contributed by atoms with E-state index in [1.54, 1.807) is 0 Å². The van der Waals surface area contributed by atoms with E-state index in [4.69, 9.17) is 0 Å². The van der Waals surface area contributed by atoms with E-state index >= 15 is 0 Å². The summed E-state index contributed by atoms with van der Waals surface area (Å²) in [4.78, 5) is 4.53. The zero-order chi connectivity index (χ0) is 46.4. The molecule has 10 aromatic carbocycles. The number of fused-ring (bicyclic) bond motifs is 6. The summed E-state index contributed by atoms with van der Waals surface area (Å²) >= 11 is 0. The molecule has 0 aliphatic heterocycles. The number of aromatic nitrogens is 2. The van der Waals surface area contributed by atoms with Gasteiger partial charge in [-0.15, -0.1) is 0 Å². The molecule has 69 heavy (non-hydrogen) atoms. The standard InChI is InChI=1S/C63H42N6/c1-43-38-53(33-26-47(43)42-65)67(55-35-37-63-59(40-55)57-17-9-11-19-61(57)69(63)49-14-6-3-7-15-49)52-31-24-46(25-32-52)45-22-29-51(30-23-45)66(50-27-20-44(41-64)21-28-50)54-34-36-62-58(39-54)56-16-8-10-18-60(56)68(62)48-12-4-2-5-13-48/h2-40H,1H3. The zero-order valence-electron chi connectivity index (χ0n) is 37.7. The second-order valence-electron chi connectivity index (χ2n) is 17.3. The Morgan fingerprint density at radius 1 is 0.333 bits per heavy atom. The van der Waals surface area contributed by atoms with Gasteiger partial charge in [0.1, 0.15) is 0 Å². The van der Waals surface area contributed by atoms with Gasteiger partial charge in [0.15, 0.2) is 0 Å². The Labute approximate surface area is 400 Å². The maximum Gasteiger partial charge on any atom is 0.0994 e. The molecule has 0 atom stereocenters. The molecule has 0 N–H and O–H groups in total. The number of rotatable bonds is 9. The van der Waals surface area contributed by atoms with Crippen LogP contribution in [-0.2, 0) is 0 Å². The van der Waals surface area contributed by atoms with Crippen LogP contribution in [0.4, 0.5) is 34.1 Å². The van der Waals surface area contributed by atoms with Gasteiger partial charge in [-0.1, -0.05) is 97.1 Å². The fourth-order valence-electron chi connectivity index (χ4n) is 10.0. The minimum absolute atomic E-state index is 0.614. The molecular weight excluding hydrogens is 841 g/mol. The van der Waals surface area contributed by atoms with Crippen molar-refractivity contribution in [2.45, 2.75) is 6.92 Å². The Balaban J connectivity index is 0.924. The first kappa shape index (κ1) is 40.9. The van der Waals surface area contributed by atoms with Crippen molar-refractivity contribution in [3.8, 4) is 34.6 Å². The number of nitrogens with zero attached hydrogens (tertiary/aromatic N) is 6. The van der Waals surface area contributed by atoms with Crippen LogP contribution in [0, 0.1) is 29.6 Å². The van der Waals surface area contributed by atoms with E-state index in [-0.39, 0.29) is 0 Å². The van der Waals surface area contributed by atoms with Gasteiger partial charge in [-0.05, 0) is 163 Å². The minimum Gasteiger partial charge on any atom is -0.310 e. The molecule has 0 unspecified atom stereocenters. The number of hydrogen-bond donors (Lipinski definition) is 0. The van der Waals surface area contributed by atoms with E-state index in [9.17, 15) is 10.5 Å². The first-order chi connectivity index (χ1) is 34.0. The molecule has 0 saturated heterocycles. The summed E-state index contributed by atoms with van der Waals surface area (Å²) in [7, 11) is 0. The van der Waals surface area contributed by atoms with Crippen LogP contribution in [0.3, 0.4) is 0 Å². The Kier molecular flexibility index (Phi) is 10.1. The first-order valence-electron chi connectivity index (χ1n) is 23.0. The van der Waals surface area contributed by atoms with E-state index in [1.165, 1.54) is 10.8 Å². The van der Waals surface area contributed by atoms with Crippen molar-refractivity contribution in [1.29, 1.82) is 10.5 Å². The SMILES string of the molecule is Cc1cc(N(c2ccc(-c3ccc(N(c4ccc(C#N)cc4)c4ccc5c(c4)c4ccccc4n5-c4ccccc4)cc3)cc2)c2ccc3c(c2)c2ccccc2n3-c2ccccc2)ccc1C#N. The van der Waals surface area contributed by atoms with Gasteiger partial charge >= 0.3 is 0 Å². The molecule has 2 heterocycles. The zero-order valence-corrected chi connectivity index (χ0v) is 37.7. The van der Waals surface area contributed by atoms with Crippen molar-refractivity contribution in [2.75, 3.05) is 9.80 Å². The van der Waals surface area contributed by atoms with E-state index in [1.807, 2.05) is 49.4 Å². The summed E-state index contributed by atoms with van der Waals surface area (Å²) in [5.74, 6) is 0. The number of anilines is 6. The topological polar surface area (TPSA) is 63.9 Å². The smallest absolute Gasteiger partial charge is 0.0994 e. The average Bonchev–Trinajstić information content (AvgIpc) is 3.92. The van der Waals surface area contributed by atoms with Crippen molar-refractivity contribution in [1.82, 2.24) is 9.13 Å². The van der Waals surface area contributed by atoms with Crippen molar-refractivity contribution in [2.24, 2.45) is 0 Å². The highest BCUT2D eigenvalue weighted by molar-refractivity contribution is 6.12. The molecule has 0 bridgehead atoms. The molecule has 6 heteroatoms. The average molecular weight is 883 g/mol. The highest BCUT2D eigenvalue weighted by atomic mass is 15.1. The molecule has 12 aromatic rings. The van der Waals surface area contributed by atoms with Crippen LogP contribution in [0.25, 0.3) is 66.1 Å². The first-order valence-corrected chi connectivity index (χ1v) is 23.0. The third-order valence-corrected chi connectivity index (χ3v) is 13.3. The molecule has 0 radical (unpaired) electrons. The van der Waals surface area contributed by atoms with Gasteiger partial charge in [0.2, 0.25) is 0 Å². The van der Waals surface area contributed by atoms with Crippen molar-refractivity contribution in [3.05, 3.63) is 253 Å². The van der Waals surface area contributed by atoms with E-state index < -0.39 is 0 Å². The lowest BCUT2D eigenvalue weighted by Crippen LogP contribution is -2.10. The molecule has 0 spiro atoms. The summed E-state index contributed by atoms with van der Waals surface area (Å²) in [6.45, 7) is 1.99. The lowest BCUT2D eigenvalue weighted by molar-refractivity contribution is 1.18. The Morgan fingerprint density at radius 2 is 0.710 bits per heavy atom. The van der Waals surface area contributed by atoms with Gasteiger partial charge in [-0.2, -0.15) is 10.5 Å². The summed E-state index contributed by atoms with van der Waals surface area (Å²) in [6.07, 6.45) is 0.